The van der Waals surface area contributed by atoms with E-state index >= 15 is 0 Å². The van der Waals surface area contributed by atoms with Crippen molar-refractivity contribution in [3.63, 3.8) is 0 Å². The highest BCUT2D eigenvalue weighted by Gasteiger charge is 2.19. The predicted molar refractivity (Wildman–Crippen MR) is 106 cm³/mol. The van der Waals surface area contributed by atoms with Crippen LogP contribution in [0, 0.1) is 0 Å². The predicted octanol–water partition coefficient (Wildman–Crippen LogP) is 5.87. The molecule has 0 atom stereocenters. The summed E-state index contributed by atoms with van der Waals surface area (Å²) in [4.78, 5) is 4.61. The van der Waals surface area contributed by atoms with E-state index in [1.165, 1.54) is 11.1 Å². The first kappa shape index (κ1) is 16.7. The van der Waals surface area contributed by atoms with Crippen LogP contribution in [0.5, 0.6) is 0 Å². The first-order chi connectivity index (χ1) is 12.8. The molecule has 0 aliphatic rings. The summed E-state index contributed by atoms with van der Waals surface area (Å²) in [7, 11) is 0. The summed E-state index contributed by atoms with van der Waals surface area (Å²) >= 11 is 3.44. The minimum atomic E-state index is 0.176. The minimum absolute atomic E-state index is 0.176. The van der Waals surface area contributed by atoms with Gasteiger partial charge in [0.05, 0.1) is 0 Å². The van der Waals surface area contributed by atoms with Crippen LogP contribution >= 0.6 is 15.9 Å². The number of hydrogen-bond acceptors (Lipinski definition) is 3. The fourth-order valence-electron chi connectivity index (χ4n) is 3.03. The molecular formula is C22H17BrN2O. The van der Waals surface area contributed by atoms with Gasteiger partial charge in [0.1, 0.15) is 0 Å². The summed E-state index contributed by atoms with van der Waals surface area (Å²) in [6, 6.07) is 28.8. The summed E-state index contributed by atoms with van der Waals surface area (Å²) < 4.78 is 6.58. The van der Waals surface area contributed by atoms with Gasteiger partial charge in [-0.25, -0.2) is 0 Å². The normalized spacial score (nSPS) is 11.0. The van der Waals surface area contributed by atoms with Crippen molar-refractivity contribution in [1.29, 1.82) is 0 Å². The van der Waals surface area contributed by atoms with Crippen molar-refractivity contribution >= 4 is 15.9 Å². The van der Waals surface area contributed by atoms with Crippen LogP contribution in [0.25, 0.3) is 11.4 Å². The van der Waals surface area contributed by atoms with Crippen LogP contribution in [0.1, 0.15) is 22.9 Å². The van der Waals surface area contributed by atoms with Crippen LogP contribution in [-0.4, -0.2) is 10.1 Å². The molecule has 4 aromatic rings. The Bertz CT molecular complexity index is 926. The second kappa shape index (κ2) is 7.67. The highest BCUT2D eigenvalue weighted by Crippen LogP contribution is 2.29. The van der Waals surface area contributed by atoms with Crippen LogP contribution in [0.3, 0.4) is 0 Å². The fourth-order valence-corrected chi connectivity index (χ4v) is 3.29. The monoisotopic (exact) mass is 404 g/mol. The molecular weight excluding hydrogens is 388 g/mol. The molecule has 0 unspecified atom stereocenters. The molecule has 1 heterocycles. The number of halogens is 1. The van der Waals surface area contributed by atoms with Crippen LogP contribution in [0.15, 0.2) is 93.9 Å². The highest BCUT2D eigenvalue weighted by atomic mass is 79.9. The average molecular weight is 405 g/mol. The molecule has 0 spiro atoms. The first-order valence-electron chi connectivity index (χ1n) is 8.48. The van der Waals surface area contributed by atoms with E-state index in [4.69, 9.17) is 4.52 Å². The van der Waals surface area contributed by atoms with Gasteiger partial charge in [-0.1, -0.05) is 81.8 Å². The van der Waals surface area contributed by atoms with Gasteiger partial charge in [-0.15, -0.1) is 0 Å². The lowest BCUT2D eigenvalue weighted by Crippen LogP contribution is -2.05. The van der Waals surface area contributed by atoms with E-state index in [9.17, 15) is 0 Å². The van der Waals surface area contributed by atoms with Gasteiger partial charge < -0.3 is 4.52 Å². The Morgan fingerprint density at radius 2 is 1.35 bits per heavy atom. The molecule has 0 fully saturated rings. The van der Waals surface area contributed by atoms with Gasteiger partial charge in [0.15, 0.2) is 0 Å². The maximum absolute atomic E-state index is 5.55. The molecule has 0 saturated heterocycles. The largest absolute Gasteiger partial charge is 0.339 e. The minimum Gasteiger partial charge on any atom is -0.339 e. The zero-order chi connectivity index (χ0) is 17.8. The van der Waals surface area contributed by atoms with Gasteiger partial charge >= 0.3 is 0 Å². The molecule has 128 valence electrons. The van der Waals surface area contributed by atoms with Crippen molar-refractivity contribution in [2.24, 2.45) is 0 Å². The van der Waals surface area contributed by atoms with Crippen molar-refractivity contribution < 1.29 is 4.52 Å². The lowest BCUT2D eigenvalue weighted by Gasteiger charge is -2.16. The third kappa shape index (κ3) is 3.75. The standard InChI is InChI=1S/C22H17BrN2O/c23-19-13-11-18(12-14-19)22-24-21(26-25-22)15-20(16-7-3-1-4-8-16)17-9-5-2-6-10-17/h1-14,20H,15H2. The topological polar surface area (TPSA) is 38.9 Å². The molecule has 0 bridgehead atoms. The van der Waals surface area contributed by atoms with E-state index in [0.29, 0.717) is 18.1 Å². The molecule has 0 saturated carbocycles. The van der Waals surface area contributed by atoms with Crippen molar-refractivity contribution in [2.45, 2.75) is 12.3 Å². The summed E-state index contributed by atoms with van der Waals surface area (Å²) in [5.41, 5.74) is 3.42. The summed E-state index contributed by atoms with van der Waals surface area (Å²) in [6.07, 6.45) is 0.664. The van der Waals surface area contributed by atoms with Crippen LogP contribution in [0.2, 0.25) is 0 Å². The summed E-state index contributed by atoms with van der Waals surface area (Å²) in [6.45, 7) is 0. The molecule has 3 nitrogen and oxygen atoms in total. The highest BCUT2D eigenvalue weighted by molar-refractivity contribution is 9.10. The van der Waals surface area contributed by atoms with Gasteiger partial charge in [-0.05, 0) is 35.4 Å². The zero-order valence-corrected chi connectivity index (χ0v) is 15.6. The van der Waals surface area contributed by atoms with Gasteiger partial charge in [-0.3, -0.25) is 0 Å². The summed E-state index contributed by atoms with van der Waals surface area (Å²) in [5.74, 6) is 1.43. The van der Waals surface area contributed by atoms with Gasteiger partial charge in [0.25, 0.3) is 0 Å². The zero-order valence-electron chi connectivity index (χ0n) is 14.0. The Labute approximate surface area is 160 Å². The Kier molecular flexibility index (Phi) is 4.93. The third-order valence-corrected chi connectivity index (χ3v) is 4.88. The SMILES string of the molecule is Brc1ccc(-c2noc(CC(c3ccccc3)c3ccccc3)n2)cc1. The van der Waals surface area contributed by atoms with Crippen molar-refractivity contribution in [2.75, 3.05) is 0 Å². The molecule has 0 aliphatic carbocycles. The van der Waals surface area contributed by atoms with Crippen molar-refractivity contribution in [3.8, 4) is 11.4 Å². The second-order valence-corrected chi connectivity index (χ2v) is 7.01. The van der Waals surface area contributed by atoms with Gasteiger partial charge in [0.2, 0.25) is 11.7 Å². The lowest BCUT2D eigenvalue weighted by molar-refractivity contribution is 0.374. The van der Waals surface area contributed by atoms with Crippen LogP contribution in [0.4, 0.5) is 0 Å². The van der Waals surface area contributed by atoms with Gasteiger partial charge in [-0.2, -0.15) is 4.98 Å². The van der Waals surface area contributed by atoms with Crippen LogP contribution in [-0.2, 0) is 6.42 Å². The molecule has 0 amide bonds. The smallest absolute Gasteiger partial charge is 0.227 e. The first-order valence-corrected chi connectivity index (χ1v) is 9.27. The van der Waals surface area contributed by atoms with Crippen molar-refractivity contribution in [3.05, 3.63) is 106 Å². The molecule has 0 aliphatic heterocycles. The Morgan fingerprint density at radius 3 is 1.92 bits per heavy atom. The number of aromatic nitrogens is 2. The van der Waals surface area contributed by atoms with E-state index in [0.717, 1.165) is 10.0 Å². The Morgan fingerprint density at radius 1 is 0.769 bits per heavy atom. The third-order valence-electron chi connectivity index (χ3n) is 4.35. The molecule has 4 heteroatoms. The number of hydrogen-bond donors (Lipinski definition) is 0. The number of rotatable bonds is 5. The van der Waals surface area contributed by atoms with E-state index in [1.807, 2.05) is 36.4 Å². The van der Waals surface area contributed by atoms with E-state index in [1.54, 1.807) is 0 Å². The van der Waals surface area contributed by atoms with Crippen molar-refractivity contribution in [1.82, 2.24) is 10.1 Å². The average Bonchev–Trinajstić information content (AvgIpc) is 3.17. The van der Waals surface area contributed by atoms with Crippen LogP contribution < -0.4 is 0 Å². The molecule has 1 aromatic heterocycles. The van der Waals surface area contributed by atoms with E-state index in [2.05, 4.69) is 74.6 Å². The lowest BCUT2D eigenvalue weighted by atomic mass is 9.88. The number of nitrogens with zero attached hydrogens (tertiary/aromatic N) is 2. The Hall–Kier alpha value is -2.72. The number of benzene rings is 3. The Balaban J connectivity index is 1.63. The van der Waals surface area contributed by atoms with Gasteiger partial charge in [0, 0.05) is 22.4 Å². The maximum Gasteiger partial charge on any atom is 0.227 e. The van der Waals surface area contributed by atoms with E-state index < -0.39 is 0 Å². The molecule has 0 radical (unpaired) electrons. The van der Waals surface area contributed by atoms with E-state index in [-0.39, 0.29) is 5.92 Å². The quantitative estimate of drug-likeness (QED) is 0.417. The molecule has 4 rings (SSSR count). The maximum atomic E-state index is 5.55. The molecule has 3 aromatic carbocycles. The second-order valence-electron chi connectivity index (χ2n) is 6.10. The molecule has 0 N–H and O–H groups in total. The fraction of sp³-hybridized carbons (Fsp3) is 0.0909. The molecule has 26 heavy (non-hydrogen) atoms. The summed E-state index contributed by atoms with van der Waals surface area (Å²) in [5, 5.41) is 4.16.